The van der Waals surface area contributed by atoms with Crippen molar-refractivity contribution < 1.29 is 9.53 Å². The fourth-order valence-corrected chi connectivity index (χ4v) is 3.48. The number of hydrogen-bond acceptors (Lipinski definition) is 4. The van der Waals surface area contributed by atoms with Gasteiger partial charge in [0.2, 0.25) is 0 Å². The minimum atomic E-state index is -0.470. The summed E-state index contributed by atoms with van der Waals surface area (Å²) in [5.41, 5.74) is 0.470. The number of rotatable bonds is 2. The third-order valence-electron chi connectivity index (χ3n) is 4.37. The number of nitrogens with zero attached hydrogens (tertiary/aromatic N) is 3. The van der Waals surface area contributed by atoms with Gasteiger partial charge >= 0.3 is 6.09 Å². The highest BCUT2D eigenvalue weighted by Crippen LogP contribution is 2.27. The fraction of sp³-hybridized carbons (Fsp3) is 0.526. The van der Waals surface area contributed by atoms with Gasteiger partial charge in [-0.05, 0) is 46.0 Å². The zero-order valence-corrected chi connectivity index (χ0v) is 15.7. The standard InChI is InChI=1S/C19H24ClN3O2/c1-19(2,3)25-18(24)23-10-6-7-13(12-23)11-16-14-8-4-5-9-15(14)17(20)22-21-16/h4-5,8-9,13H,6-7,10-12H2,1-3H3. The number of amides is 1. The van der Waals surface area contributed by atoms with E-state index in [0.717, 1.165) is 42.3 Å². The Balaban J connectivity index is 1.73. The van der Waals surface area contributed by atoms with Crippen LogP contribution in [0.25, 0.3) is 10.8 Å². The fourth-order valence-electron chi connectivity index (χ4n) is 3.27. The van der Waals surface area contributed by atoms with Crippen molar-refractivity contribution in [2.45, 2.75) is 45.6 Å². The Bertz CT molecular complexity index is 773. The molecule has 1 aromatic heterocycles. The van der Waals surface area contributed by atoms with Gasteiger partial charge in [-0.2, -0.15) is 5.10 Å². The summed E-state index contributed by atoms with van der Waals surface area (Å²) in [5, 5.41) is 10.8. The lowest BCUT2D eigenvalue weighted by atomic mass is 9.92. The van der Waals surface area contributed by atoms with Crippen molar-refractivity contribution in [2.75, 3.05) is 13.1 Å². The molecule has 0 bridgehead atoms. The van der Waals surface area contributed by atoms with Crippen LogP contribution >= 0.6 is 11.6 Å². The number of piperidine rings is 1. The van der Waals surface area contributed by atoms with Gasteiger partial charge in [-0.15, -0.1) is 5.10 Å². The van der Waals surface area contributed by atoms with Gasteiger partial charge in [-0.3, -0.25) is 0 Å². The molecule has 6 heteroatoms. The van der Waals surface area contributed by atoms with Crippen LogP contribution in [0.2, 0.25) is 5.15 Å². The molecule has 1 aliphatic heterocycles. The molecule has 2 aromatic rings. The quantitative estimate of drug-likeness (QED) is 0.791. The van der Waals surface area contributed by atoms with Crippen molar-refractivity contribution in [3.63, 3.8) is 0 Å². The van der Waals surface area contributed by atoms with Crippen LogP contribution in [0.4, 0.5) is 4.79 Å². The van der Waals surface area contributed by atoms with Crippen LogP contribution < -0.4 is 0 Å². The number of ether oxygens (including phenoxy) is 1. The van der Waals surface area contributed by atoms with Crippen LogP contribution in [-0.4, -0.2) is 39.9 Å². The van der Waals surface area contributed by atoms with Gasteiger partial charge in [-0.1, -0.05) is 35.9 Å². The summed E-state index contributed by atoms with van der Waals surface area (Å²) in [4.78, 5) is 14.1. The first-order valence-electron chi connectivity index (χ1n) is 8.71. The normalized spacial score (nSPS) is 18.4. The molecule has 1 atom stereocenters. The molecular formula is C19H24ClN3O2. The number of fused-ring (bicyclic) bond motifs is 1. The first-order chi connectivity index (χ1) is 11.8. The molecule has 5 nitrogen and oxygen atoms in total. The Hall–Kier alpha value is -1.88. The molecule has 134 valence electrons. The Morgan fingerprint density at radius 3 is 2.72 bits per heavy atom. The number of benzene rings is 1. The molecule has 25 heavy (non-hydrogen) atoms. The third-order valence-corrected chi connectivity index (χ3v) is 4.65. The van der Waals surface area contributed by atoms with Crippen LogP contribution in [0.3, 0.4) is 0 Å². The monoisotopic (exact) mass is 361 g/mol. The zero-order valence-electron chi connectivity index (χ0n) is 15.0. The molecule has 1 aliphatic rings. The maximum absolute atomic E-state index is 12.3. The van der Waals surface area contributed by atoms with E-state index in [1.165, 1.54) is 0 Å². The van der Waals surface area contributed by atoms with Crippen molar-refractivity contribution in [1.82, 2.24) is 15.1 Å². The van der Waals surface area contributed by atoms with Gasteiger partial charge in [0.1, 0.15) is 5.60 Å². The Morgan fingerprint density at radius 2 is 2.00 bits per heavy atom. The van der Waals surface area contributed by atoms with E-state index in [2.05, 4.69) is 10.2 Å². The van der Waals surface area contributed by atoms with Crippen molar-refractivity contribution in [3.05, 3.63) is 35.1 Å². The molecule has 0 spiro atoms. The van der Waals surface area contributed by atoms with E-state index in [-0.39, 0.29) is 6.09 Å². The van der Waals surface area contributed by atoms with Crippen molar-refractivity contribution in [1.29, 1.82) is 0 Å². The second-order valence-electron chi connectivity index (χ2n) is 7.62. The number of hydrogen-bond donors (Lipinski definition) is 0. The molecule has 1 aromatic carbocycles. The first kappa shape index (κ1) is 17.9. The zero-order chi connectivity index (χ0) is 18.0. The number of likely N-dealkylation sites (tertiary alicyclic amines) is 1. The number of aromatic nitrogens is 2. The summed E-state index contributed by atoms with van der Waals surface area (Å²) in [5.74, 6) is 0.347. The minimum absolute atomic E-state index is 0.232. The Morgan fingerprint density at radius 1 is 1.28 bits per heavy atom. The summed E-state index contributed by atoms with van der Waals surface area (Å²) in [7, 11) is 0. The van der Waals surface area contributed by atoms with Crippen molar-refractivity contribution in [2.24, 2.45) is 5.92 Å². The summed E-state index contributed by atoms with van der Waals surface area (Å²) in [6.45, 7) is 7.11. The highest BCUT2D eigenvalue weighted by molar-refractivity contribution is 6.34. The molecule has 0 saturated carbocycles. The SMILES string of the molecule is CC(C)(C)OC(=O)N1CCCC(Cc2nnc(Cl)c3ccccc23)C1. The summed E-state index contributed by atoms with van der Waals surface area (Å²) in [6, 6.07) is 7.92. The van der Waals surface area contributed by atoms with Crippen LogP contribution in [-0.2, 0) is 11.2 Å². The molecule has 0 N–H and O–H groups in total. The highest BCUT2D eigenvalue weighted by Gasteiger charge is 2.28. The largest absolute Gasteiger partial charge is 0.444 e. The Labute approximate surface area is 153 Å². The molecule has 2 heterocycles. The molecule has 1 fully saturated rings. The van der Waals surface area contributed by atoms with E-state index in [4.69, 9.17) is 16.3 Å². The highest BCUT2D eigenvalue weighted by atomic mass is 35.5. The van der Waals surface area contributed by atoms with E-state index < -0.39 is 5.60 Å². The first-order valence-corrected chi connectivity index (χ1v) is 9.09. The number of carbonyl (C=O) groups excluding carboxylic acids is 1. The van der Waals surface area contributed by atoms with Crippen LogP contribution in [0, 0.1) is 5.92 Å². The van der Waals surface area contributed by atoms with Crippen LogP contribution in [0.5, 0.6) is 0 Å². The van der Waals surface area contributed by atoms with E-state index in [9.17, 15) is 4.79 Å². The maximum atomic E-state index is 12.3. The smallest absolute Gasteiger partial charge is 0.410 e. The van der Waals surface area contributed by atoms with Gasteiger partial charge in [0.25, 0.3) is 0 Å². The van der Waals surface area contributed by atoms with E-state index >= 15 is 0 Å². The Kier molecular flexibility index (Phi) is 5.13. The summed E-state index contributed by atoms with van der Waals surface area (Å²) in [6.07, 6.45) is 2.59. The lowest BCUT2D eigenvalue weighted by molar-refractivity contribution is 0.0166. The average molecular weight is 362 g/mol. The predicted octanol–water partition coefficient (Wildman–Crippen LogP) is 4.47. The van der Waals surface area contributed by atoms with E-state index in [1.54, 1.807) is 0 Å². The molecule has 1 amide bonds. The maximum Gasteiger partial charge on any atom is 0.410 e. The van der Waals surface area contributed by atoms with Crippen molar-refractivity contribution >= 4 is 28.5 Å². The summed E-state index contributed by atoms with van der Waals surface area (Å²) < 4.78 is 5.50. The molecular weight excluding hydrogens is 338 g/mol. The third kappa shape index (κ3) is 4.40. The minimum Gasteiger partial charge on any atom is -0.444 e. The molecule has 0 radical (unpaired) electrons. The second-order valence-corrected chi connectivity index (χ2v) is 7.98. The number of carbonyl (C=O) groups is 1. The van der Waals surface area contributed by atoms with Gasteiger partial charge < -0.3 is 9.64 Å². The van der Waals surface area contributed by atoms with Crippen LogP contribution in [0.15, 0.2) is 24.3 Å². The lowest BCUT2D eigenvalue weighted by Crippen LogP contribution is -2.43. The lowest BCUT2D eigenvalue weighted by Gasteiger charge is -2.34. The average Bonchev–Trinajstić information content (AvgIpc) is 2.56. The van der Waals surface area contributed by atoms with Crippen molar-refractivity contribution in [3.8, 4) is 0 Å². The van der Waals surface area contributed by atoms with Gasteiger partial charge in [0.05, 0.1) is 5.69 Å². The molecule has 1 saturated heterocycles. The van der Waals surface area contributed by atoms with Gasteiger partial charge in [-0.25, -0.2) is 4.79 Å². The van der Waals surface area contributed by atoms with E-state index in [1.807, 2.05) is 49.9 Å². The predicted molar refractivity (Wildman–Crippen MR) is 98.8 cm³/mol. The molecule has 0 aliphatic carbocycles. The van der Waals surface area contributed by atoms with E-state index in [0.29, 0.717) is 17.6 Å². The van der Waals surface area contributed by atoms with Gasteiger partial charge in [0.15, 0.2) is 5.15 Å². The molecule has 3 rings (SSSR count). The molecule has 1 unspecified atom stereocenters. The second kappa shape index (κ2) is 7.16. The number of halogens is 1. The topological polar surface area (TPSA) is 55.3 Å². The van der Waals surface area contributed by atoms with Gasteiger partial charge in [0, 0.05) is 23.9 Å². The summed E-state index contributed by atoms with van der Waals surface area (Å²) >= 11 is 6.15. The van der Waals surface area contributed by atoms with Crippen LogP contribution in [0.1, 0.15) is 39.3 Å².